The number of rotatable bonds is 2. The first-order chi connectivity index (χ1) is 9.35. The van der Waals surface area contributed by atoms with Gasteiger partial charge in [-0.1, -0.05) is 18.2 Å². The molecule has 1 atom stereocenters. The fraction of sp³-hybridized carbons (Fsp3) is 0.500. The molecule has 2 N–H and O–H groups in total. The van der Waals surface area contributed by atoms with E-state index in [-0.39, 0.29) is 0 Å². The summed E-state index contributed by atoms with van der Waals surface area (Å²) in [5, 5.41) is -4.67. The Labute approximate surface area is 117 Å². The van der Waals surface area contributed by atoms with Crippen LogP contribution in [0.5, 0.6) is 0 Å². The van der Waals surface area contributed by atoms with Crippen LogP contribution in [0.15, 0.2) is 35.2 Å². The molecule has 1 aliphatic carbocycles. The maximum absolute atomic E-state index is 14.7. The van der Waals surface area contributed by atoms with E-state index in [1.165, 1.54) is 6.07 Å². The van der Waals surface area contributed by atoms with Crippen molar-refractivity contribution in [1.29, 1.82) is 0 Å². The van der Waals surface area contributed by atoms with E-state index in [9.17, 15) is 35.3 Å². The summed E-state index contributed by atoms with van der Waals surface area (Å²) in [5.41, 5.74) is 0. The molecule has 1 saturated carbocycles. The zero-order valence-electron chi connectivity index (χ0n) is 10.6. The van der Waals surface area contributed by atoms with Crippen LogP contribution >= 0.6 is 0 Å². The topological polar surface area (TPSA) is 57.5 Å². The summed E-state index contributed by atoms with van der Waals surface area (Å²) in [6, 6.07) is 4.98. The molecule has 0 aromatic heterocycles. The summed E-state index contributed by atoms with van der Waals surface area (Å²) in [7, 11) is -6.87. The van der Waals surface area contributed by atoms with Crippen LogP contribution in [0.1, 0.15) is 19.3 Å². The van der Waals surface area contributed by atoms with Crippen LogP contribution in [0.25, 0.3) is 0 Å². The number of halogens is 5. The van der Waals surface area contributed by atoms with Crippen molar-refractivity contribution in [3.05, 3.63) is 30.3 Å². The minimum atomic E-state index is -6.87. The van der Waals surface area contributed by atoms with Crippen molar-refractivity contribution in [2.45, 2.75) is 41.0 Å². The van der Waals surface area contributed by atoms with Crippen LogP contribution < -0.4 is 0 Å². The van der Waals surface area contributed by atoms with Crippen molar-refractivity contribution in [2.24, 2.45) is 0 Å². The summed E-state index contributed by atoms with van der Waals surface area (Å²) in [5.74, 6) is -10.3. The summed E-state index contributed by atoms with van der Waals surface area (Å²) in [6.07, 6.45) is -3.45. The predicted octanol–water partition coefficient (Wildman–Crippen LogP) is 3.93. The lowest BCUT2D eigenvalue weighted by molar-refractivity contribution is -0.272. The molecule has 120 valence electrons. The predicted molar refractivity (Wildman–Crippen MR) is 65.7 cm³/mol. The zero-order valence-corrected chi connectivity index (χ0v) is 11.4. The first-order valence-corrected chi connectivity index (χ1v) is 7.88. The van der Waals surface area contributed by atoms with Crippen LogP contribution in [-0.4, -0.2) is 30.2 Å². The minimum Gasteiger partial charge on any atom is -0.302 e. The van der Waals surface area contributed by atoms with Gasteiger partial charge in [-0.25, -0.2) is 8.60 Å². The molecule has 1 aliphatic rings. The molecule has 1 unspecified atom stereocenters. The molecule has 0 spiro atoms. The highest BCUT2D eigenvalue weighted by Crippen LogP contribution is 2.61. The summed E-state index contributed by atoms with van der Waals surface area (Å²) < 4.78 is 101. The third-order valence-electron chi connectivity index (χ3n) is 3.67. The van der Waals surface area contributed by atoms with Gasteiger partial charge >= 0.3 is 11.8 Å². The van der Waals surface area contributed by atoms with E-state index >= 15 is 0 Å². The molecule has 3 nitrogen and oxygen atoms in total. The molecule has 1 aromatic carbocycles. The largest absolute Gasteiger partial charge is 0.358 e. The van der Waals surface area contributed by atoms with Gasteiger partial charge in [-0.3, -0.25) is 0 Å². The van der Waals surface area contributed by atoms with Gasteiger partial charge in [0.15, 0.2) is 0 Å². The molecule has 0 amide bonds. The lowest BCUT2D eigenvalue weighted by Crippen LogP contribution is -2.69. The smallest absolute Gasteiger partial charge is 0.302 e. The average Bonchev–Trinajstić information content (AvgIpc) is 2.37. The van der Waals surface area contributed by atoms with E-state index in [0.29, 0.717) is 0 Å². The van der Waals surface area contributed by atoms with Gasteiger partial charge in [0.2, 0.25) is 0 Å². The maximum atomic E-state index is 14.7. The highest BCUT2D eigenvalue weighted by molar-refractivity contribution is 8.11. The number of hydrogen-bond donors (Lipinski definition) is 2. The number of alkyl halides is 5. The molecule has 0 radical (unpaired) electrons. The molecular weight excluding hydrogens is 319 g/mol. The van der Waals surface area contributed by atoms with Crippen LogP contribution in [-0.2, 0) is 9.63 Å². The Hall–Kier alpha value is -1.06. The Morgan fingerprint density at radius 3 is 2.00 bits per heavy atom. The van der Waals surface area contributed by atoms with Crippen LogP contribution in [0, 0.1) is 0 Å². The van der Waals surface area contributed by atoms with Crippen LogP contribution in [0.3, 0.4) is 0 Å². The fourth-order valence-corrected chi connectivity index (χ4v) is 4.54. The highest BCUT2D eigenvalue weighted by atomic mass is 32.3. The first-order valence-electron chi connectivity index (χ1n) is 6.00. The van der Waals surface area contributed by atoms with E-state index in [2.05, 4.69) is 0 Å². The third-order valence-corrected chi connectivity index (χ3v) is 6.42. The van der Waals surface area contributed by atoms with E-state index in [1.54, 1.807) is 0 Å². The van der Waals surface area contributed by atoms with Crippen molar-refractivity contribution >= 4 is 9.63 Å². The minimum absolute atomic E-state index is 0.735. The van der Waals surface area contributed by atoms with Crippen molar-refractivity contribution < 1.29 is 35.3 Å². The molecule has 2 rings (SSSR count). The standard InChI is InChI=1S/C12H13F5O3S/c13-10(14)7-4-8-11(15,12(10,16)17)21(18,19,20)9-5-2-1-3-6-9/h1-3,5-6H,4,7-8H2,(H2,18,19,20). The van der Waals surface area contributed by atoms with Gasteiger partial charge in [-0.15, -0.1) is 0 Å². The second-order valence-corrected chi connectivity index (χ2v) is 7.89. The average molecular weight is 332 g/mol. The molecule has 1 fully saturated rings. The summed E-state index contributed by atoms with van der Waals surface area (Å²) >= 11 is 0. The van der Waals surface area contributed by atoms with E-state index in [4.69, 9.17) is 0 Å². The summed E-state index contributed by atoms with van der Waals surface area (Å²) in [4.78, 5) is -1.06. The van der Waals surface area contributed by atoms with Gasteiger partial charge in [0.1, 0.15) is 9.63 Å². The first kappa shape index (κ1) is 16.3. The van der Waals surface area contributed by atoms with Gasteiger partial charge < -0.3 is 9.11 Å². The van der Waals surface area contributed by atoms with Crippen molar-refractivity contribution in [3.8, 4) is 0 Å². The molecule has 1 aromatic rings. The van der Waals surface area contributed by atoms with Crippen molar-refractivity contribution in [2.75, 3.05) is 0 Å². The number of hydrogen-bond acceptors (Lipinski definition) is 1. The van der Waals surface area contributed by atoms with Crippen molar-refractivity contribution in [3.63, 3.8) is 0 Å². The van der Waals surface area contributed by atoms with E-state index < -0.39 is 50.6 Å². The Kier molecular flexibility index (Phi) is 3.29. The van der Waals surface area contributed by atoms with Gasteiger partial charge in [0, 0.05) is 12.8 Å². The van der Waals surface area contributed by atoms with Crippen LogP contribution in [0.2, 0.25) is 0 Å². The molecule has 21 heavy (non-hydrogen) atoms. The molecule has 0 aliphatic heterocycles. The molecular formula is C12H13F5O3S. The summed E-state index contributed by atoms with van der Waals surface area (Å²) in [6.45, 7) is 0. The second kappa shape index (κ2) is 4.23. The normalized spacial score (nSPS) is 30.3. The van der Waals surface area contributed by atoms with Gasteiger partial charge in [-0.05, 0) is 18.6 Å². The zero-order chi connectivity index (χ0) is 16.2. The molecule has 0 heterocycles. The lowest BCUT2D eigenvalue weighted by atomic mass is 9.90. The molecule has 0 saturated heterocycles. The Morgan fingerprint density at radius 1 is 0.952 bits per heavy atom. The van der Waals surface area contributed by atoms with Gasteiger partial charge in [0.25, 0.3) is 5.00 Å². The van der Waals surface area contributed by atoms with E-state index in [0.717, 1.165) is 24.3 Å². The quantitative estimate of drug-likeness (QED) is 0.807. The Balaban J connectivity index is 2.70. The van der Waals surface area contributed by atoms with Gasteiger partial charge in [-0.2, -0.15) is 17.6 Å². The number of benzene rings is 1. The maximum Gasteiger partial charge on any atom is 0.358 e. The molecule has 0 bridgehead atoms. The fourth-order valence-electron chi connectivity index (χ4n) is 2.39. The monoisotopic (exact) mass is 332 g/mol. The highest BCUT2D eigenvalue weighted by Gasteiger charge is 2.80. The Bertz CT molecular complexity index is 613. The SMILES string of the molecule is O=S(O)(O)(c1ccccc1)C1(F)CCCC(F)(F)C1(F)F. The Morgan fingerprint density at radius 2 is 1.48 bits per heavy atom. The van der Waals surface area contributed by atoms with Gasteiger partial charge in [0.05, 0.1) is 4.90 Å². The molecule has 9 heteroatoms. The second-order valence-electron chi connectivity index (χ2n) is 5.04. The van der Waals surface area contributed by atoms with Crippen LogP contribution in [0.4, 0.5) is 22.0 Å². The van der Waals surface area contributed by atoms with Crippen molar-refractivity contribution in [1.82, 2.24) is 0 Å². The lowest BCUT2D eigenvalue weighted by Gasteiger charge is -2.50. The third kappa shape index (κ3) is 1.94. The van der Waals surface area contributed by atoms with E-state index in [1.807, 2.05) is 0 Å².